The summed E-state index contributed by atoms with van der Waals surface area (Å²) in [4.78, 5) is 12.6. The van der Waals surface area contributed by atoms with Gasteiger partial charge >= 0.3 is 0 Å². The predicted octanol–water partition coefficient (Wildman–Crippen LogP) is 5.98. The number of furan rings is 1. The van der Waals surface area contributed by atoms with Crippen LogP contribution in [0.1, 0.15) is 21.5 Å². The maximum Gasteiger partial charge on any atom is 0.249 e. The third kappa shape index (κ3) is 4.17. The fraction of sp³-hybridized carbons (Fsp3) is 0.0645. The van der Waals surface area contributed by atoms with E-state index >= 15 is 0 Å². The van der Waals surface area contributed by atoms with Crippen LogP contribution in [0.4, 0.5) is 0 Å². The molecule has 0 saturated heterocycles. The van der Waals surface area contributed by atoms with Crippen molar-refractivity contribution in [1.82, 2.24) is 4.57 Å². The van der Waals surface area contributed by atoms with Crippen LogP contribution in [0.25, 0.3) is 33.1 Å². The molecule has 0 aliphatic rings. The first kappa shape index (κ1) is 23.8. The van der Waals surface area contributed by atoms with Crippen LogP contribution in [0, 0.1) is 6.07 Å². The van der Waals surface area contributed by atoms with Crippen LogP contribution in [0.3, 0.4) is 0 Å². The number of nitrogens with zero attached hydrogens (tertiary/aromatic N) is 1. The van der Waals surface area contributed by atoms with Crippen LogP contribution < -0.4 is 5.73 Å². The van der Waals surface area contributed by atoms with Gasteiger partial charge in [-0.05, 0) is 65.7 Å². The summed E-state index contributed by atoms with van der Waals surface area (Å²) in [5.74, 6) is 0.0534. The predicted molar refractivity (Wildman–Crippen MR) is 147 cm³/mol. The quantitative estimate of drug-likeness (QED) is 0.281. The van der Waals surface area contributed by atoms with Crippen LogP contribution in [0.15, 0.2) is 113 Å². The number of hydrogen-bond acceptors (Lipinski definition) is 4. The van der Waals surface area contributed by atoms with Gasteiger partial charge in [-0.15, -0.1) is 0 Å². The highest BCUT2D eigenvalue weighted by Crippen LogP contribution is 2.35. The van der Waals surface area contributed by atoms with E-state index < -0.39 is 15.7 Å². The second-order valence-electron chi connectivity index (χ2n) is 9.12. The normalized spacial score (nSPS) is 11.8. The van der Waals surface area contributed by atoms with E-state index in [1.807, 2.05) is 54.6 Å². The minimum atomic E-state index is -3.54. The molecule has 2 heterocycles. The molecule has 0 atom stereocenters. The van der Waals surface area contributed by atoms with Gasteiger partial charge in [0.25, 0.3) is 0 Å². The molecule has 0 aliphatic heterocycles. The number of sulfone groups is 1. The topological polar surface area (TPSA) is 95.3 Å². The summed E-state index contributed by atoms with van der Waals surface area (Å²) < 4.78 is 34.1. The van der Waals surface area contributed by atoms with Crippen molar-refractivity contribution in [2.45, 2.75) is 17.2 Å². The number of benzene rings is 4. The lowest BCUT2D eigenvalue weighted by atomic mass is 10.0. The summed E-state index contributed by atoms with van der Waals surface area (Å²) in [6.45, 7) is 0.387. The average Bonchev–Trinajstić information content (AvgIpc) is 3.57. The van der Waals surface area contributed by atoms with Crippen molar-refractivity contribution in [2.75, 3.05) is 0 Å². The van der Waals surface area contributed by atoms with Crippen molar-refractivity contribution in [3.63, 3.8) is 0 Å². The van der Waals surface area contributed by atoms with Crippen LogP contribution in [-0.2, 0) is 22.1 Å². The number of aromatic nitrogens is 1. The number of carbonyl (C=O) groups is 1. The van der Waals surface area contributed by atoms with E-state index in [0.717, 1.165) is 32.9 Å². The molecule has 2 N–H and O–H groups in total. The Morgan fingerprint density at radius 3 is 2.37 bits per heavy atom. The molecule has 0 saturated carbocycles. The highest BCUT2D eigenvalue weighted by atomic mass is 32.2. The molecule has 0 bridgehead atoms. The number of nitrogens with two attached hydrogens (primary N) is 1. The molecule has 0 spiro atoms. The van der Waals surface area contributed by atoms with Gasteiger partial charge in [0, 0.05) is 28.4 Å². The zero-order valence-electron chi connectivity index (χ0n) is 20.3. The van der Waals surface area contributed by atoms with Crippen molar-refractivity contribution in [3.8, 4) is 11.3 Å². The minimum Gasteiger partial charge on any atom is -0.464 e. The fourth-order valence-corrected chi connectivity index (χ4v) is 6.38. The Balaban J connectivity index is 1.52. The van der Waals surface area contributed by atoms with Gasteiger partial charge in [0.2, 0.25) is 5.91 Å². The highest BCUT2D eigenvalue weighted by molar-refractivity contribution is 7.90. The first-order chi connectivity index (χ1) is 18.4. The Morgan fingerprint density at radius 2 is 1.63 bits per heavy atom. The molecule has 6 aromatic rings. The Labute approximate surface area is 219 Å². The minimum absolute atomic E-state index is 0.124. The second-order valence-corrected chi connectivity index (χ2v) is 11.1. The van der Waals surface area contributed by atoms with Crippen LogP contribution in [-0.4, -0.2) is 18.9 Å². The first-order valence-electron chi connectivity index (χ1n) is 12.1. The molecule has 6 rings (SSSR count). The van der Waals surface area contributed by atoms with Crippen molar-refractivity contribution in [1.29, 1.82) is 0 Å². The summed E-state index contributed by atoms with van der Waals surface area (Å²) in [5.41, 5.74) is 10.2. The second kappa shape index (κ2) is 9.36. The maximum absolute atomic E-state index is 13.2. The smallest absolute Gasteiger partial charge is 0.249 e. The van der Waals surface area contributed by atoms with E-state index in [1.165, 1.54) is 0 Å². The first-order valence-corrected chi connectivity index (χ1v) is 13.7. The molecule has 187 valence electrons. The molecule has 38 heavy (non-hydrogen) atoms. The summed E-state index contributed by atoms with van der Waals surface area (Å²) >= 11 is 0. The van der Waals surface area contributed by atoms with Crippen molar-refractivity contribution < 1.29 is 17.6 Å². The van der Waals surface area contributed by atoms with Crippen LogP contribution in [0.5, 0.6) is 0 Å². The summed E-state index contributed by atoms with van der Waals surface area (Å²) in [6, 6.07) is 32.3. The summed E-state index contributed by atoms with van der Waals surface area (Å²) in [5, 5.41) is 1.48. The number of fused-ring (bicyclic) bond motifs is 3. The molecular weight excluding hydrogens is 496 g/mol. The van der Waals surface area contributed by atoms with E-state index in [9.17, 15) is 13.2 Å². The van der Waals surface area contributed by atoms with Crippen molar-refractivity contribution in [2.24, 2.45) is 5.73 Å². The van der Waals surface area contributed by atoms with Crippen LogP contribution in [0.2, 0.25) is 0 Å². The summed E-state index contributed by atoms with van der Waals surface area (Å²) in [6.07, 6.45) is 1.61. The Kier molecular flexibility index (Phi) is 5.85. The molecule has 7 heteroatoms. The molecule has 1 amide bonds. The van der Waals surface area contributed by atoms with E-state index in [-0.39, 0.29) is 10.6 Å². The van der Waals surface area contributed by atoms with Gasteiger partial charge in [-0.25, -0.2) is 8.42 Å². The van der Waals surface area contributed by atoms with Gasteiger partial charge in [0.1, 0.15) is 5.76 Å². The molecule has 0 aliphatic carbocycles. The molecule has 4 aromatic carbocycles. The van der Waals surface area contributed by atoms with Gasteiger partial charge in [-0.3, -0.25) is 4.79 Å². The van der Waals surface area contributed by atoms with Gasteiger partial charge in [-0.2, -0.15) is 0 Å². The standard InChI is InChI=1S/C31H23N2O4S/c32-31(34)26-12-6-13-27-30(26)25-16-15-21(29-14-7-17-37-29)18-28(25)33(27)19-22-8-4-5-9-23(22)20-38(35,36)24-10-2-1-3-11-24/h1-15,17-18H,19-20H2,(H2,32,34). The third-order valence-electron chi connectivity index (χ3n) is 6.76. The number of primary amides is 1. The zero-order chi connectivity index (χ0) is 26.3. The molecule has 6 nitrogen and oxygen atoms in total. The van der Waals surface area contributed by atoms with Gasteiger partial charge < -0.3 is 14.7 Å². The van der Waals surface area contributed by atoms with Crippen LogP contribution >= 0.6 is 0 Å². The Morgan fingerprint density at radius 1 is 0.868 bits per heavy atom. The monoisotopic (exact) mass is 519 g/mol. The van der Waals surface area contributed by atoms with Gasteiger partial charge in [0.15, 0.2) is 9.84 Å². The number of rotatable bonds is 7. The maximum atomic E-state index is 13.2. The van der Waals surface area contributed by atoms with Crippen molar-refractivity contribution >= 4 is 37.6 Å². The molecule has 0 fully saturated rings. The Bertz CT molecular complexity index is 1900. The van der Waals surface area contributed by atoms with E-state index in [4.69, 9.17) is 10.2 Å². The third-order valence-corrected chi connectivity index (χ3v) is 8.44. The van der Waals surface area contributed by atoms with E-state index in [2.05, 4.69) is 10.6 Å². The highest BCUT2D eigenvalue weighted by Gasteiger charge is 2.21. The van der Waals surface area contributed by atoms with Gasteiger partial charge in [0.05, 0.1) is 27.9 Å². The van der Waals surface area contributed by atoms with E-state index in [1.54, 1.807) is 48.7 Å². The average molecular weight is 520 g/mol. The number of carbonyl (C=O) groups excluding carboxylic acids is 1. The lowest BCUT2D eigenvalue weighted by Crippen LogP contribution is -2.11. The van der Waals surface area contributed by atoms with Gasteiger partial charge in [-0.1, -0.05) is 48.5 Å². The number of amides is 1. The lowest BCUT2D eigenvalue weighted by molar-refractivity contribution is 0.100. The SMILES string of the molecule is NC(=O)c1cccc2c1c1[c]cc(-c3ccco3)cc1n2Cc1ccccc1CS(=O)(=O)c1ccccc1. The molecule has 1 radical (unpaired) electrons. The lowest BCUT2D eigenvalue weighted by Gasteiger charge is -2.14. The summed E-state index contributed by atoms with van der Waals surface area (Å²) in [7, 11) is -3.54. The molecular formula is C31H23N2O4S. The van der Waals surface area contributed by atoms with E-state index in [0.29, 0.717) is 23.4 Å². The molecule has 2 aromatic heterocycles. The zero-order valence-corrected chi connectivity index (χ0v) is 21.1. The Hall–Kier alpha value is -4.62. The number of hydrogen-bond donors (Lipinski definition) is 1. The largest absolute Gasteiger partial charge is 0.464 e. The fourth-order valence-electron chi connectivity index (χ4n) is 4.96. The van der Waals surface area contributed by atoms with Crippen molar-refractivity contribution in [3.05, 3.63) is 126 Å². The molecule has 0 unspecified atom stereocenters.